The van der Waals surface area contributed by atoms with Gasteiger partial charge in [-0.25, -0.2) is 13.4 Å². The molecule has 0 radical (unpaired) electrons. The van der Waals surface area contributed by atoms with Crippen LogP contribution in [0.3, 0.4) is 0 Å². The first kappa shape index (κ1) is 26.0. The van der Waals surface area contributed by atoms with Crippen molar-refractivity contribution in [3.63, 3.8) is 0 Å². The molecule has 0 saturated heterocycles. The minimum absolute atomic E-state index is 0.190. The predicted molar refractivity (Wildman–Crippen MR) is 149 cm³/mol. The first-order valence-corrected chi connectivity index (χ1v) is 13.4. The lowest BCUT2D eigenvalue weighted by Crippen LogP contribution is -2.14. The summed E-state index contributed by atoms with van der Waals surface area (Å²) in [5.41, 5.74) is 5.64. The largest absolute Gasteiger partial charge is 0.493 e. The molecule has 0 saturated carbocycles. The quantitative estimate of drug-likeness (QED) is 0.236. The number of hydrogen-bond donors (Lipinski definition) is 3. The minimum atomic E-state index is -3.76. The van der Waals surface area contributed by atoms with Gasteiger partial charge in [-0.05, 0) is 94.3 Å². The maximum atomic E-state index is 13.0. The van der Waals surface area contributed by atoms with Crippen LogP contribution in [-0.4, -0.2) is 25.0 Å². The van der Waals surface area contributed by atoms with E-state index in [4.69, 9.17) is 4.74 Å². The molecule has 0 unspecified atom stereocenters. The highest BCUT2D eigenvalue weighted by atomic mass is 32.2. The monoisotopic (exact) mass is 517 g/mol. The van der Waals surface area contributed by atoms with Crippen molar-refractivity contribution in [3.05, 3.63) is 89.1 Å². The molecule has 0 aliphatic rings. The Balaban J connectivity index is 1.47. The highest BCUT2D eigenvalue weighted by Crippen LogP contribution is 2.28. The molecular formula is C28H31N5O3S. The van der Waals surface area contributed by atoms with Crippen LogP contribution >= 0.6 is 0 Å². The molecule has 9 heteroatoms. The van der Waals surface area contributed by atoms with Crippen LogP contribution < -0.4 is 20.1 Å². The molecule has 0 amide bonds. The molecule has 4 aromatic rings. The summed E-state index contributed by atoms with van der Waals surface area (Å²) < 4.78 is 34.3. The van der Waals surface area contributed by atoms with Gasteiger partial charge in [0, 0.05) is 28.8 Å². The summed E-state index contributed by atoms with van der Waals surface area (Å²) in [6, 6.07) is 20.1. The predicted octanol–water partition coefficient (Wildman–Crippen LogP) is 6.40. The Labute approximate surface area is 218 Å². The van der Waals surface area contributed by atoms with Gasteiger partial charge in [-0.3, -0.25) is 4.72 Å². The third-order valence-corrected chi connectivity index (χ3v) is 6.97. The van der Waals surface area contributed by atoms with Gasteiger partial charge in [-0.1, -0.05) is 17.7 Å². The van der Waals surface area contributed by atoms with Gasteiger partial charge in [-0.2, -0.15) is 4.98 Å². The summed E-state index contributed by atoms with van der Waals surface area (Å²) in [6.45, 7) is 10.0. The summed E-state index contributed by atoms with van der Waals surface area (Å²) >= 11 is 0. The van der Waals surface area contributed by atoms with Crippen molar-refractivity contribution in [2.45, 2.75) is 39.5 Å². The number of aryl methyl sites for hydroxylation is 4. The van der Waals surface area contributed by atoms with Gasteiger partial charge in [0.25, 0.3) is 10.0 Å². The fourth-order valence-electron chi connectivity index (χ4n) is 3.88. The van der Waals surface area contributed by atoms with E-state index in [0.29, 0.717) is 29.8 Å². The molecule has 3 aromatic carbocycles. The maximum absolute atomic E-state index is 13.0. The second kappa shape index (κ2) is 10.9. The van der Waals surface area contributed by atoms with E-state index in [1.54, 1.807) is 36.4 Å². The molecule has 0 fully saturated rings. The SMILES string of the molecule is CCOc1c(C)cc(S(=O)(=O)Nc2ccc(Nc3nc(C)cc(Nc4ccc(C)cc4)n3)cc2)cc1C. The number of nitrogens with zero attached hydrogens (tertiary/aromatic N) is 2. The third-order valence-electron chi connectivity index (χ3n) is 5.60. The van der Waals surface area contributed by atoms with E-state index in [0.717, 1.165) is 28.2 Å². The van der Waals surface area contributed by atoms with Crippen LogP contribution in [-0.2, 0) is 10.0 Å². The van der Waals surface area contributed by atoms with Crippen molar-refractivity contribution in [1.29, 1.82) is 0 Å². The van der Waals surface area contributed by atoms with Gasteiger partial charge in [0.1, 0.15) is 11.6 Å². The minimum Gasteiger partial charge on any atom is -0.493 e. The van der Waals surface area contributed by atoms with Crippen molar-refractivity contribution in [2.75, 3.05) is 22.0 Å². The van der Waals surface area contributed by atoms with Crippen LogP contribution in [0.2, 0.25) is 0 Å². The molecule has 37 heavy (non-hydrogen) atoms. The zero-order chi connectivity index (χ0) is 26.6. The van der Waals surface area contributed by atoms with E-state index < -0.39 is 10.0 Å². The molecule has 192 valence electrons. The first-order chi connectivity index (χ1) is 17.6. The van der Waals surface area contributed by atoms with E-state index >= 15 is 0 Å². The molecule has 3 N–H and O–H groups in total. The second-order valence-corrected chi connectivity index (χ2v) is 10.5. The topological polar surface area (TPSA) is 105 Å². The third kappa shape index (κ3) is 6.56. The average molecular weight is 518 g/mol. The van der Waals surface area contributed by atoms with Gasteiger partial charge in [-0.15, -0.1) is 0 Å². The average Bonchev–Trinajstić information content (AvgIpc) is 2.83. The van der Waals surface area contributed by atoms with Crippen LogP contribution in [0.15, 0.2) is 71.6 Å². The Morgan fingerprint density at radius 1 is 0.757 bits per heavy atom. The lowest BCUT2D eigenvalue weighted by atomic mass is 10.1. The van der Waals surface area contributed by atoms with E-state index in [1.165, 1.54) is 5.56 Å². The zero-order valence-corrected chi connectivity index (χ0v) is 22.4. The van der Waals surface area contributed by atoms with Gasteiger partial charge >= 0.3 is 0 Å². The van der Waals surface area contributed by atoms with Crippen molar-refractivity contribution in [3.8, 4) is 5.75 Å². The molecule has 0 aliphatic carbocycles. The Morgan fingerprint density at radius 3 is 1.95 bits per heavy atom. The van der Waals surface area contributed by atoms with E-state index in [2.05, 4.69) is 25.3 Å². The van der Waals surface area contributed by atoms with Crippen molar-refractivity contribution < 1.29 is 13.2 Å². The smallest absolute Gasteiger partial charge is 0.261 e. The molecule has 0 spiro atoms. The lowest BCUT2D eigenvalue weighted by Gasteiger charge is -2.14. The van der Waals surface area contributed by atoms with E-state index in [1.807, 2.05) is 65.0 Å². The number of ether oxygens (including phenoxy) is 1. The van der Waals surface area contributed by atoms with Crippen molar-refractivity contribution >= 4 is 38.9 Å². The molecule has 0 aliphatic heterocycles. The summed E-state index contributed by atoms with van der Waals surface area (Å²) in [7, 11) is -3.76. The molecule has 0 bridgehead atoms. The zero-order valence-electron chi connectivity index (χ0n) is 21.6. The highest BCUT2D eigenvalue weighted by molar-refractivity contribution is 7.92. The van der Waals surface area contributed by atoms with Gasteiger partial charge in [0.15, 0.2) is 0 Å². The van der Waals surface area contributed by atoms with Crippen molar-refractivity contribution in [1.82, 2.24) is 9.97 Å². The fourth-order valence-corrected chi connectivity index (χ4v) is 5.10. The summed E-state index contributed by atoms with van der Waals surface area (Å²) in [6.07, 6.45) is 0. The Kier molecular flexibility index (Phi) is 7.63. The second-order valence-electron chi connectivity index (χ2n) is 8.84. The molecule has 0 atom stereocenters. The molecule has 1 aromatic heterocycles. The number of aromatic nitrogens is 2. The summed E-state index contributed by atoms with van der Waals surface area (Å²) in [5, 5.41) is 6.47. The number of rotatable bonds is 9. The van der Waals surface area contributed by atoms with Crippen LogP contribution in [0.25, 0.3) is 0 Å². The van der Waals surface area contributed by atoms with Crippen molar-refractivity contribution in [2.24, 2.45) is 0 Å². The summed E-state index contributed by atoms with van der Waals surface area (Å²) in [4.78, 5) is 9.20. The fraction of sp³-hybridized carbons (Fsp3) is 0.214. The number of hydrogen-bond acceptors (Lipinski definition) is 7. The van der Waals surface area contributed by atoms with Crippen LogP contribution in [0.1, 0.15) is 29.3 Å². The van der Waals surface area contributed by atoms with Gasteiger partial charge < -0.3 is 15.4 Å². The standard InChI is InChI=1S/C28H31N5O3S/c1-6-36-27-19(3)15-25(16-20(27)4)37(34,35)33-24-13-11-23(12-14-24)31-28-29-21(5)17-26(32-28)30-22-9-7-18(2)8-10-22/h7-17,33H,6H2,1-5H3,(H2,29,30,31,32). The maximum Gasteiger partial charge on any atom is 0.261 e. The number of nitrogens with one attached hydrogen (secondary N) is 3. The Morgan fingerprint density at radius 2 is 1.32 bits per heavy atom. The van der Waals surface area contributed by atoms with Gasteiger partial charge in [0.05, 0.1) is 11.5 Å². The first-order valence-electron chi connectivity index (χ1n) is 12.0. The van der Waals surface area contributed by atoms with Crippen LogP contribution in [0, 0.1) is 27.7 Å². The van der Waals surface area contributed by atoms with Crippen LogP contribution in [0.5, 0.6) is 5.75 Å². The number of benzene rings is 3. The number of sulfonamides is 1. The van der Waals surface area contributed by atoms with Gasteiger partial charge in [0.2, 0.25) is 5.95 Å². The summed E-state index contributed by atoms with van der Waals surface area (Å²) in [5.74, 6) is 1.82. The normalized spacial score (nSPS) is 11.2. The molecule has 1 heterocycles. The Bertz CT molecular complexity index is 1480. The van der Waals surface area contributed by atoms with E-state index in [9.17, 15) is 8.42 Å². The molecule has 8 nitrogen and oxygen atoms in total. The molecular weight excluding hydrogens is 486 g/mol. The molecule has 4 rings (SSSR count). The lowest BCUT2D eigenvalue weighted by molar-refractivity contribution is 0.335. The number of anilines is 5. The Hall–Kier alpha value is -4.11. The van der Waals surface area contributed by atoms with E-state index in [-0.39, 0.29) is 4.90 Å². The van der Waals surface area contributed by atoms with Crippen LogP contribution in [0.4, 0.5) is 28.8 Å². The highest BCUT2D eigenvalue weighted by Gasteiger charge is 2.18.